The predicted molar refractivity (Wildman–Crippen MR) is 122 cm³/mol. The summed E-state index contributed by atoms with van der Waals surface area (Å²) in [5, 5.41) is 5.52. The molecule has 3 heterocycles. The molecule has 2 aliphatic rings. The summed E-state index contributed by atoms with van der Waals surface area (Å²) >= 11 is 0. The van der Waals surface area contributed by atoms with Crippen LogP contribution < -0.4 is 4.74 Å². The molecule has 6 rings (SSSR count). The van der Waals surface area contributed by atoms with Crippen LogP contribution in [0.15, 0.2) is 48.8 Å². The van der Waals surface area contributed by atoms with Crippen molar-refractivity contribution in [3.05, 3.63) is 77.0 Å². The number of carbonyl (C=O) groups is 1. The molecule has 1 aliphatic carbocycles. The minimum absolute atomic E-state index is 0.107. The minimum atomic E-state index is -0.322. The molecule has 0 radical (unpaired) electrons. The summed E-state index contributed by atoms with van der Waals surface area (Å²) in [7, 11) is 1.87. The average molecular weight is 442 g/mol. The largest absolute Gasteiger partial charge is 0.488 e. The van der Waals surface area contributed by atoms with Crippen molar-refractivity contribution in [3.63, 3.8) is 0 Å². The molecular formula is C26H23FN4O2. The third kappa shape index (κ3) is 3.44. The van der Waals surface area contributed by atoms with E-state index in [0.29, 0.717) is 17.7 Å². The first-order valence-electron chi connectivity index (χ1n) is 11.1. The van der Waals surface area contributed by atoms with Gasteiger partial charge in [-0.1, -0.05) is 6.07 Å². The van der Waals surface area contributed by atoms with Gasteiger partial charge in [0.05, 0.1) is 23.9 Å². The van der Waals surface area contributed by atoms with Gasteiger partial charge in [-0.15, -0.1) is 0 Å². The van der Waals surface area contributed by atoms with Crippen molar-refractivity contribution in [1.82, 2.24) is 19.7 Å². The molecule has 2 aromatic carbocycles. The van der Waals surface area contributed by atoms with Gasteiger partial charge in [-0.05, 0) is 66.8 Å². The third-order valence-corrected chi connectivity index (χ3v) is 6.40. The highest BCUT2D eigenvalue weighted by atomic mass is 19.1. The number of hydrogen-bond acceptors (Lipinski definition) is 4. The summed E-state index contributed by atoms with van der Waals surface area (Å²) in [6.45, 7) is 2.50. The minimum Gasteiger partial charge on any atom is -0.488 e. The Bertz CT molecular complexity index is 1400. The van der Waals surface area contributed by atoms with E-state index in [9.17, 15) is 4.79 Å². The number of ether oxygens (including phenoxy) is 1. The Kier molecular flexibility index (Phi) is 4.47. The maximum absolute atomic E-state index is 15.4. The molecule has 0 N–H and O–H groups in total. The molecule has 0 saturated heterocycles. The van der Waals surface area contributed by atoms with Crippen molar-refractivity contribution in [2.75, 3.05) is 0 Å². The Morgan fingerprint density at radius 3 is 2.79 bits per heavy atom. The van der Waals surface area contributed by atoms with Crippen molar-refractivity contribution in [3.8, 4) is 16.9 Å². The number of carbonyl (C=O) groups excluding carboxylic acids is 1. The molecule has 1 amide bonds. The number of fused-ring (bicyclic) bond motifs is 2. The number of pyridine rings is 1. The Morgan fingerprint density at radius 1 is 1.18 bits per heavy atom. The molecule has 0 unspecified atom stereocenters. The van der Waals surface area contributed by atoms with E-state index in [1.807, 2.05) is 38.4 Å². The second kappa shape index (κ2) is 7.40. The van der Waals surface area contributed by atoms with Gasteiger partial charge in [0.15, 0.2) is 0 Å². The third-order valence-electron chi connectivity index (χ3n) is 6.40. The summed E-state index contributed by atoms with van der Waals surface area (Å²) in [6, 6.07) is 11.0. The van der Waals surface area contributed by atoms with Crippen LogP contribution in [0.4, 0.5) is 4.39 Å². The Balaban J connectivity index is 1.34. The molecule has 6 nitrogen and oxygen atoms in total. The number of rotatable bonds is 5. The van der Waals surface area contributed by atoms with Crippen LogP contribution in [0.25, 0.3) is 22.0 Å². The number of aryl methyl sites for hydroxylation is 2. The van der Waals surface area contributed by atoms with E-state index in [1.54, 1.807) is 34.0 Å². The van der Waals surface area contributed by atoms with E-state index in [1.165, 1.54) is 0 Å². The zero-order chi connectivity index (χ0) is 22.7. The lowest BCUT2D eigenvalue weighted by molar-refractivity contribution is 0.0764. The number of halogens is 1. The summed E-state index contributed by atoms with van der Waals surface area (Å²) in [4.78, 5) is 18.6. The first-order chi connectivity index (χ1) is 16.0. The lowest BCUT2D eigenvalue weighted by Crippen LogP contribution is -2.24. The van der Waals surface area contributed by atoms with Gasteiger partial charge in [0, 0.05) is 36.9 Å². The Labute approximate surface area is 190 Å². The van der Waals surface area contributed by atoms with E-state index in [2.05, 4.69) is 10.1 Å². The smallest absolute Gasteiger partial charge is 0.256 e. The van der Waals surface area contributed by atoms with Crippen LogP contribution in [0.5, 0.6) is 5.75 Å². The van der Waals surface area contributed by atoms with Gasteiger partial charge in [0.1, 0.15) is 17.1 Å². The second-order valence-corrected chi connectivity index (χ2v) is 8.91. The molecule has 0 spiro atoms. The Morgan fingerprint density at radius 2 is 2.03 bits per heavy atom. The summed E-state index contributed by atoms with van der Waals surface area (Å²) in [6.07, 6.45) is 6.04. The Hall–Kier alpha value is -3.74. The summed E-state index contributed by atoms with van der Waals surface area (Å²) in [5.74, 6) is 0.341. The van der Waals surface area contributed by atoms with E-state index >= 15 is 4.39 Å². The van der Waals surface area contributed by atoms with Crippen molar-refractivity contribution in [2.45, 2.75) is 39.0 Å². The molecule has 1 saturated carbocycles. The fourth-order valence-corrected chi connectivity index (χ4v) is 4.54. The van der Waals surface area contributed by atoms with E-state index < -0.39 is 0 Å². The van der Waals surface area contributed by atoms with E-state index in [0.717, 1.165) is 51.9 Å². The van der Waals surface area contributed by atoms with Gasteiger partial charge in [-0.25, -0.2) is 4.39 Å². The molecule has 33 heavy (non-hydrogen) atoms. The first kappa shape index (κ1) is 19.9. The maximum Gasteiger partial charge on any atom is 0.256 e. The number of amides is 1. The fourth-order valence-electron chi connectivity index (χ4n) is 4.54. The van der Waals surface area contributed by atoms with Gasteiger partial charge >= 0.3 is 0 Å². The van der Waals surface area contributed by atoms with Crippen LogP contribution in [0, 0.1) is 12.7 Å². The highest BCUT2D eigenvalue weighted by Crippen LogP contribution is 2.38. The highest BCUT2D eigenvalue weighted by molar-refractivity contribution is 5.98. The van der Waals surface area contributed by atoms with Crippen LogP contribution in [0.3, 0.4) is 0 Å². The standard InChI is InChI=1S/C26H23FN4O2/c1-15-10-16(18-7-8-24(33-17-5-6-17)25-21(18)12-30(2)29-25)11-22(27)20(15)13-31-14-23-19(26(31)32)4-3-9-28-23/h3-4,7-12,17H,5-6,13-14H2,1-2H3. The van der Waals surface area contributed by atoms with Crippen molar-refractivity contribution in [2.24, 2.45) is 7.05 Å². The monoisotopic (exact) mass is 442 g/mol. The average Bonchev–Trinajstić information content (AvgIpc) is 3.44. The molecule has 1 fully saturated rings. The molecule has 4 aromatic rings. The van der Waals surface area contributed by atoms with Gasteiger partial charge in [0.2, 0.25) is 0 Å². The van der Waals surface area contributed by atoms with Crippen LogP contribution in [0.2, 0.25) is 0 Å². The van der Waals surface area contributed by atoms with Gasteiger partial charge < -0.3 is 9.64 Å². The molecule has 166 valence electrons. The SMILES string of the molecule is Cc1cc(-c2ccc(OC3CC3)c3nn(C)cc23)cc(F)c1CN1Cc2ncccc2C1=O. The lowest BCUT2D eigenvalue weighted by Gasteiger charge is -2.18. The van der Waals surface area contributed by atoms with Crippen LogP contribution >= 0.6 is 0 Å². The normalized spacial score (nSPS) is 15.4. The predicted octanol–water partition coefficient (Wildman–Crippen LogP) is 4.78. The first-order valence-corrected chi connectivity index (χ1v) is 11.1. The van der Waals surface area contributed by atoms with Crippen LogP contribution in [-0.4, -0.2) is 31.7 Å². The van der Waals surface area contributed by atoms with E-state index in [-0.39, 0.29) is 24.4 Å². The molecule has 7 heteroatoms. The quantitative estimate of drug-likeness (QED) is 0.446. The number of nitrogens with zero attached hydrogens (tertiary/aromatic N) is 4. The zero-order valence-corrected chi connectivity index (χ0v) is 18.5. The molecule has 0 bridgehead atoms. The molecular weight excluding hydrogens is 419 g/mol. The summed E-state index contributed by atoms with van der Waals surface area (Å²) in [5.41, 5.74) is 5.14. The number of aromatic nitrogens is 3. The number of hydrogen-bond donors (Lipinski definition) is 0. The summed E-state index contributed by atoms with van der Waals surface area (Å²) < 4.78 is 23.2. The molecule has 2 aromatic heterocycles. The molecule has 0 atom stereocenters. The lowest BCUT2D eigenvalue weighted by atomic mass is 9.96. The second-order valence-electron chi connectivity index (χ2n) is 8.91. The molecule has 1 aliphatic heterocycles. The van der Waals surface area contributed by atoms with Crippen molar-refractivity contribution in [1.29, 1.82) is 0 Å². The maximum atomic E-state index is 15.4. The van der Waals surface area contributed by atoms with Crippen molar-refractivity contribution >= 4 is 16.8 Å². The highest BCUT2D eigenvalue weighted by Gasteiger charge is 2.29. The van der Waals surface area contributed by atoms with Gasteiger partial charge in [-0.3, -0.25) is 14.5 Å². The fraction of sp³-hybridized carbons (Fsp3) is 0.269. The van der Waals surface area contributed by atoms with E-state index in [4.69, 9.17) is 4.74 Å². The van der Waals surface area contributed by atoms with Crippen molar-refractivity contribution < 1.29 is 13.9 Å². The number of benzene rings is 2. The van der Waals surface area contributed by atoms with Gasteiger partial charge in [0.25, 0.3) is 5.91 Å². The zero-order valence-electron chi connectivity index (χ0n) is 18.5. The van der Waals surface area contributed by atoms with Crippen LogP contribution in [-0.2, 0) is 20.1 Å². The van der Waals surface area contributed by atoms with Crippen LogP contribution in [0.1, 0.15) is 40.0 Å². The topological polar surface area (TPSA) is 60.2 Å². The van der Waals surface area contributed by atoms with Gasteiger partial charge in [-0.2, -0.15) is 5.10 Å².